The fraction of sp³-hybridized carbons (Fsp3) is 0.500. The molecule has 7 nitrogen and oxygen atoms in total. The third-order valence-electron chi connectivity index (χ3n) is 2.23. The molecule has 0 amide bonds. The summed E-state index contributed by atoms with van der Waals surface area (Å²) in [7, 11) is 0. The first kappa shape index (κ1) is 17.6. The maximum atomic E-state index is 9.90. The molecule has 0 saturated heterocycles. The Balaban J connectivity index is 0.000000388. The first-order valence-corrected chi connectivity index (χ1v) is 5.60. The number of pyridine rings is 1. The summed E-state index contributed by atoms with van der Waals surface area (Å²) in [5, 5.41) is 43.5. The maximum Gasteiger partial charge on any atom is 0.151 e. The van der Waals surface area contributed by atoms with E-state index < -0.39 is 31.0 Å². The van der Waals surface area contributed by atoms with Crippen LogP contribution in [0.5, 0.6) is 0 Å². The molecule has 1 rings (SSSR count). The lowest BCUT2D eigenvalue weighted by Gasteiger charge is -2.22. The summed E-state index contributed by atoms with van der Waals surface area (Å²) in [6.45, 7) is 1.21. The summed E-state index contributed by atoms with van der Waals surface area (Å²) in [4.78, 5) is 13.9. The van der Waals surface area contributed by atoms with Crippen LogP contribution in [-0.2, 0) is 4.79 Å². The molecule has 1 aromatic heterocycles. The van der Waals surface area contributed by atoms with Gasteiger partial charge in [-0.1, -0.05) is 6.07 Å². The van der Waals surface area contributed by atoms with Crippen LogP contribution >= 0.6 is 0 Å². The van der Waals surface area contributed by atoms with Crippen molar-refractivity contribution in [3.05, 3.63) is 30.1 Å². The summed E-state index contributed by atoms with van der Waals surface area (Å²) in [6, 6.07) is 5.86. The van der Waals surface area contributed by atoms with Crippen LogP contribution in [0, 0.1) is 6.92 Å². The highest BCUT2D eigenvalue weighted by atomic mass is 16.4. The Labute approximate surface area is 110 Å². The zero-order valence-electron chi connectivity index (χ0n) is 10.5. The van der Waals surface area contributed by atoms with E-state index in [4.69, 9.17) is 25.5 Å². The van der Waals surface area contributed by atoms with Gasteiger partial charge in [0.25, 0.3) is 0 Å². The Bertz CT molecular complexity index is 347. The lowest BCUT2D eigenvalue weighted by atomic mass is 10.0. The number of hydrogen-bond acceptors (Lipinski definition) is 7. The van der Waals surface area contributed by atoms with E-state index >= 15 is 0 Å². The molecule has 1 heterocycles. The van der Waals surface area contributed by atoms with Gasteiger partial charge in [-0.15, -0.1) is 0 Å². The van der Waals surface area contributed by atoms with Crippen molar-refractivity contribution in [1.29, 1.82) is 0 Å². The molecule has 0 fully saturated rings. The van der Waals surface area contributed by atoms with Crippen LogP contribution in [0.15, 0.2) is 24.4 Å². The topological polar surface area (TPSA) is 131 Å². The van der Waals surface area contributed by atoms with E-state index in [-0.39, 0.29) is 6.29 Å². The maximum absolute atomic E-state index is 9.90. The predicted octanol–water partition coefficient (Wildman–Crippen LogP) is -1.99. The van der Waals surface area contributed by atoms with E-state index in [1.165, 1.54) is 0 Å². The molecular weight excluding hydrogens is 254 g/mol. The second-order valence-electron chi connectivity index (χ2n) is 3.83. The van der Waals surface area contributed by atoms with E-state index in [0.29, 0.717) is 0 Å². The zero-order chi connectivity index (χ0) is 14.8. The molecular formula is C12H19NO6. The molecule has 1 aromatic rings. The second-order valence-corrected chi connectivity index (χ2v) is 3.83. The van der Waals surface area contributed by atoms with Gasteiger partial charge in [0.15, 0.2) is 6.29 Å². The van der Waals surface area contributed by atoms with Gasteiger partial charge in [0, 0.05) is 11.9 Å². The molecule has 0 spiro atoms. The summed E-state index contributed by atoms with van der Waals surface area (Å²) < 4.78 is 0. The highest BCUT2D eigenvalue weighted by Gasteiger charge is 2.29. The standard InChI is InChI=1S/C6H7N.C6H12O6/c1-6-4-2-3-5-7-6;7-1-3(9)5(11)6(12)4(10)2-8/h2-5H,1H3;1,3-6,8-12H,2H2. The monoisotopic (exact) mass is 273 g/mol. The van der Waals surface area contributed by atoms with Gasteiger partial charge in [-0.3, -0.25) is 4.98 Å². The summed E-state index contributed by atoms with van der Waals surface area (Å²) in [6.07, 6.45) is -5.05. The van der Waals surface area contributed by atoms with Crippen molar-refractivity contribution >= 4 is 6.29 Å². The molecule has 0 aliphatic rings. The second kappa shape index (κ2) is 9.54. The van der Waals surface area contributed by atoms with Gasteiger partial charge in [0.2, 0.25) is 0 Å². The smallest absolute Gasteiger partial charge is 0.151 e. The van der Waals surface area contributed by atoms with Gasteiger partial charge >= 0.3 is 0 Å². The van der Waals surface area contributed by atoms with Crippen molar-refractivity contribution in [2.24, 2.45) is 0 Å². The van der Waals surface area contributed by atoms with Crippen molar-refractivity contribution in [2.75, 3.05) is 6.61 Å². The molecule has 4 unspecified atom stereocenters. The normalized spacial score (nSPS) is 16.5. The van der Waals surface area contributed by atoms with Crippen molar-refractivity contribution in [3.8, 4) is 0 Å². The predicted molar refractivity (Wildman–Crippen MR) is 66.2 cm³/mol. The van der Waals surface area contributed by atoms with Gasteiger partial charge in [-0.25, -0.2) is 0 Å². The van der Waals surface area contributed by atoms with Crippen molar-refractivity contribution < 1.29 is 30.3 Å². The highest BCUT2D eigenvalue weighted by molar-refractivity contribution is 5.56. The Morgan fingerprint density at radius 1 is 1.21 bits per heavy atom. The number of carbonyl (C=O) groups is 1. The van der Waals surface area contributed by atoms with Crippen molar-refractivity contribution in [2.45, 2.75) is 31.3 Å². The molecule has 19 heavy (non-hydrogen) atoms. The number of nitrogens with zero attached hydrogens (tertiary/aromatic N) is 1. The van der Waals surface area contributed by atoms with E-state index in [0.717, 1.165) is 5.69 Å². The van der Waals surface area contributed by atoms with Crippen LogP contribution in [0.3, 0.4) is 0 Å². The van der Waals surface area contributed by atoms with E-state index in [1.54, 1.807) is 6.20 Å². The van der Waals surface area contributed by atoms with Gasteiger partial charge in [-0.05, 0) is 19.1 Å². The van der Waals surface area contributed by atoms with Crippen molar-refractivity contribution in [3.63, 3.8) is 0 Å². The van der Waals surface area contributed by atoms with Crippen LogP contribution < -0.4 is 0 Å². The zero-order valence-corrected chi connectivity index (χ0v) is 10.5. The first-order valence-electron chi connectivity index (χ1n) is 5.60. The summed E-state index contributed by atoms with van der Waals surface area (Å²) in [5.41, 5.74) is 1.07. The minimum Gasteiger partial charge on any atom is -0.394 e. The Morgan fingerprint density at radius 2 is 1.84 bits per heavy atom. The van der Waals surface area contributed by atoms with Gasteiger partial charge in [0.1, 0.15) is 24.4 Å². The largest absolute Gasteiger partial charge is 0.394 e. The molecule has 0 radical (unpaired) electrons. The van der Waals surface area contributed by atoms with Crippen LogP contribution in [-0.4, -0.2) is 67.8 Å². The number of carbonyl (C=O) groups excluding carboxylic acids is 1. The van der Waals surface area contributed by atoms with Gasteiger partial charge in [0.05, 0.1) is 6.61 Å². The minimum atomic E-state index is -1.79. The number of rotatable bonds is 5. The molecule has 108 valence electrons. The third kappa shape index (κ3) is 6.94. The lowest BCUT2D eigenvalue weighted by Crippen LogP contribution is -2.46. The molecule has 0 saturated carbocycles. The SMILES string of the molecule is Cc1ccccn1.O=CC(O)C(O)C(O)C(O)CO. The number of aliphatic hydroxyl groups excluding tert-OH is 5. The fourth-order valence-corrected chi connectivity index (χ4v) is 1.07. The average molecular weight is 273 g/mol. The van der Waals surface area contributed by atoms with Crippen molar-refractivity contribution in [1.82, 2.24) is 4.98 Å². The fourth-order valence-electron chi connectivity index (χ4n) is 1.07. The number of aryl methyl sites for hydroxylation is 1. The van der Waals surface area contributed by atoms with E-state index in [1.807, 2.05) is 25.1 Å². The van der Waals surface area contributed by atoms with E-state index in [9.17, 15) is 4.79 Å². The minimum absolute atomic E-state index is 0.0258. The molecule has 0 aliphatic carbocycles. The third-order valence-corrected chi connectivity index (χ3v) is 2.23. The van der Waals surface area contributed by atoms with Gasteiger partial charge in [-0.2, -0.15) is 0 Å². The highest BCUT2D eigenvalue weighted by Crippen LogP contribution is 2.02. The summed E-state index contributed by atoms with van der Waals surface area (Å²) >= 11 is 0. The van der Waals surface area contributed by atoms with Gasteiger partial charge < -0.3 is 30.3 Å². The molecule has 0 bridgehead atoms. The average Bonchev–Trinajstić information content (AvgIpc) is 2.45. The lowest BCUT2D eigenvalue weighted by molar-refractivity contribution is -0.136. The quantitative estimate of drug-likeness (QED) is 0.392. The number of aldehydes is 1. The molecule has 7 heteroatoms. The Hall–Kier alpha value is -1.38. The molecule has 0 aliphatic heterocycles. The molecule has 0 aromatic carbocycles. The van der Waals surface area contributed by atoms with Crippen LogP contribution in [0.25, 0.3) is 0 Å². The first-order chi connectivity index (χ1) is 8.93. The van der Waals surface area contributed by atoms with Crippen LogP contribution in [0.1, 0.15) is 5.69 Å². The summed E-state index contributed by atoms with van der Waals surface area (Å²) in [5.74, 6) is 0. The number of hydrogen-bond donors (Lipinski definition) is 5. The molecule has 5 N–H and O–H groups in total. The van der Waals surface area contributed by atoms with Crippen LogP contribution in [0.4, 0.5) is 0 Å². The Kier molecular flexibility index (Phi) is 8.84. The number of aliphatic hydroxyl groups is 5. The van der Waals surface area contributed by atoms with Crippen LogP contribution in [0.2, 0.25) is 0 Å². The number of aromatic nitrogens is 1. The Morgan fingerprint density at radius 3 is 2.16 bits per heavy atom. The molecule has 4 atom stereocenters. The van der Waals surface area contributed by atoms with E-state index in [2.05, 4.69) is 4.98 Å².